The second kappa shape index (κ2) is 9.75. The molecule has 0 aliphatic carbocycles. The Morgan fingerprint density at radius 2 is 1.78 bits per heavy atom. The summed E-state index contributed by atoms with van der Waals surface area (Å²) in [5, 5.41) is 11.7. The Kier molecular flexibility index (Phi) is 6.35. The van der Waals surface area contributed by atoms with Crippen molar-refractivity contribution in [2.24, 2.45) is 0 Å². The predicted molar refractivity (Wildman–Crippen MR) is 137 cm³/mol. The first-order valence-corrected chi connectivity index (χ1v) is 12.1. The normalized spacial score (nSPS) is 15.4. The zero-order valence-electron chi connectivity index (χ0n) is 19.7. The highest BCUT2D eigenvalue weighted by Crippen LogP contribution is 2.42. The van der Waals surface area contributed by atoms with E-state index in [-0.39, 0.29) is 12.1 Å². The molecule has 1 atom stereocenters. The molecule has 180 valence electrons. The second-order valence-corrected chi connectivity index (χ2v) is 9.32. The Morgan fingerprint density at radius 1 is 1.06 bits per heavy atom. The molecule has 4 aromatic rings. The van der Waals surface area contributed by atoms with Crippen molar-refractivity contribution in [1.82, 2.24) is 14.9 Å². The fourth-order valence-electron chi connectivity index (χ4n) is 4.28. The summed E-state index contributed by atoms with van der Waals surface area (Å²) in [5.41, 5.74) is 2.80. The first-order chi connectivity index (χ1) is 17.5. The maximum atomic E-state index is 13.9. The van der Waals surface area contributed by atoms with Crippen molar-refractivity contribution in [2.75, 3.05) is 7.11 Å². The quantitative estimate of drug-likeness (QED) is 0.348. The van der Waals surface area contributed by atoms with E-state index in [1.54, 1.807) is 56.6 Å². The van der Waals surface area contributed by atoms with E-state index in [1.807, 2.05) is 36.4 Å². The number of amides is 1. The summed E-state index contributed by atoms with van der Waals surface area (Å²) in [6.07, 6.45) is 1.64. The van der Waals surface area contributed by atoms with Crippen LogP contribution in [0, 0.1) is 6.92 Å². The van der Waals surface area contributed by atoms with Gasteiger partial charge in [-0.3, -0.25) is 14.6 Å². The van der Waals surface area contributed by atoms with Gasteiger partial charge in [-0.1, -0.05) is 48.5 Å². The number of Topliss-reactive ketones (excluding diaryl/α,β-unsaturated/α-hetero) is 1. The Morgan fingerprint density at radius 3 is 2.44 bits per heavy atom. The van der Waals surface area contributed by atoms with Crippen LogP contribution in [0.2, 0.25) is 0 Å². The van der Waals surface area contributed by atoms with Crippen LogP contribution in [0.1, 0.15) is 32.7 Å². The predicted octanol–water partition coefficient (Wildman–Crippen LogP) is 5.30. The van der Waals surface area contributed by atoms with Crippen molar-refractivity contribution in [3.8, 4) is 16.3 Å². The lowest BCUT2D eigenvalue weighted by molar-refractivity contribution is -0.130. The molecule has 1 aliphatic heterocycles. The van der Waals surface area contributed by atoms with E-state index in [0.717, 1.165) is 5.56 Å². The largest absolute Gasteiger partial charge is 0.503 e. The Labute approximate surface area is 212 Å². The van der Waals surface area contributed by atoms with Gasteiger partial charge in [0.2, 0.25) is 5.78 Å². The molecule has 2 aromatic heterocycles. The molecular weight excluding hydrogens is 474 g/mol. The van der Waals surface area contributed by atoms with E-state index in [1.165, 1.54) is 16.2 Å². The maximum absolute atomic E-state index is 13.9. The molecule has 1 N–H and O–H groups in total. The van der Waals surface area contributed by atoms with Gasteiger partial charge in [-0.05, 0) is 36.8 Å². The minimum Gasteiger partial charge on any atom is -0.503 e. The molecule has 0 fully saturated rings. The van der Waals surface area contributed by atoms with Gasteiger partial charge >= 0.3 is 0 Å². The highest BCUT2D eigenvalue weighted by atomic mass is 32.1. The van der Waals surface area contributed by atoms with Crippen LogP contribution in [0.15, 0.2) is 90.3 Å². The summed E-state index contributed by atoms with van der Waals surface area (Å²) in [5.74, 6) is -0.935. The van der Waals surface area contributed by atoms with Crippen LogP contribution in [0.4, 0.5) is 0 Å². The van der Waals surface area contributed by atoms with Crippen molar-refractivity contribution in [3.05, 3.63) is 112 Å². The number of hydrogen-bond donors (Lipinski definition) is 1. The van der Waals surface area contributed by atoms with Crippen LogP contribution in [0.5, 0.6) is 5.75 Å². The summed E-state index contributed by atoms with van der Waals surface area (Å²) < 4.78 is 5.28. The molecule has 36 heavy (non-hydrogen) atoms. The third kappa shape index (κ3) is 4.27. The molecular formula is C28H23N3O4S. The molecule has 0 radical (unpaired) electrons. The van der Waals surface area contributed by atoms with Crippen molar-refractivity contribution in [1.29, 1.82) is 0 Å². The number of aliphatic hydroxyl groups excluding tert-OH is 1. The van der Waals surface area contributed by atoms with Crippen molar-refractivity contribution in [2.45, 2.75) is 19.5 Å². The van der Waals surface area contributed by atoms with E-state index < -0.39 is 23.5 Å². The molecule has 1 aliphatic rings. The van der Waals surface area contributed by atoms with Crippen LogP contribution in [0.25, 0.3) is 10.6 Å². The van der Waals surface area contributed by atoms with Crippen LogP contribution < -0.4 is 4.74 Å². The first kappa shape index (κ1) is 23.4. The van der Waals surface area contributed by atoms with Gasteiger partial charge in [0.05, 0.1) is 41.5 Å². The minimum atomic E-state index is -0.792. The van der Waals surface area contributed by atoms with Gasteiger partial charge in [-0.15, -0.1) is 11.3 Å². The summed E-state index contributed by atoms with van der Waals surface area (Å²) in [7, 11) is 1.57. The number of methoxy groups -OCH3 is 1. The number of ketones is 1. The number of aromatic nitrogens is 2. The molecule has 0 bridgehead atoms. The topological polar surface area (TPSA) is 92.6 Å². The molecule has 0 saturated heterocycles. The number of pyridine rings is 1. The molecule has 2 aromatic carbocycles. The molecule has 1 unspecified atom stereocenters. The van der Waals surface area contributed by atoms with Gasteiger partial charge < -0.3 is 14.7 Å². The van der Waals surface area contributed by atoms with Crippen LogP contribution in [-0.2, 0) is 11.3 Å². The number of ether oxygens (including phenoxy) is 1. The van der Waals surface area contributed by atoms with Gasteiger partial charge in [0, 0.05) is 11.8 Å². The van der Waals surface area contributed by atoms with Gasteiger partial charge in [0.15, 0.2) is 5.76 Å². The number of aliphatic hydroxyl groups is 1. The zero-order valence-corrected chi connectivity index (χ0v) is 20.5. The smallest absolute Gasteiger partial charge is 0.290 e. The number of carbonyl (C=O) groups is 2. The fourth-order valence-corrected chi connectivity index (χ4v) is 5.31. The van der Waals surface area contributed by atoms with E-state index in [0.29, 0.717) is 32.6 Å². The number of hydrogen-bond acceptors (Lipinski definition) is 7. The van der Waals surface area contributed by atoms with E-state index in [2.05, 4.69) is 9.97 Å². The average Bonchev–Trinajstić information content (AvgIpc) is 3.42. The van der Waals surface area contributed by atoms with Gasteiger partial charge in [-0.2, -0.15) is 0 Å². The molecule has 8 heteroatoms. The summed E-state index contributed by atoms with van der Waals surface area (Å²) in [4.78, 5) is 38.0. The lowest BCUT2D eigenvalue weighted by Gasteiger charge is -2.26. The second-order valence-electron chi connectivity index (χ2n) is 8.32. The standard InChI is InChI=1S/C28H23N3O4S/c1-17-26(36-27(30-17)19-8-4-3-5-9-19)24(32)22-23(18-11-13-21(35-2)14-12-18)31(28(34)25(22)33)16-20-10-6-7-15-29-20/h3-15,23,33H,16H2,1-2H3. The van der Waals surface area contributed by atoms with Gasteiger partial charge in [0.25, 0.3) is 5.91 Å². The lowest BCUT2D eigenvalue weighted by Crippen LogP contribution is -2.31. The summed E-state index contributed by atoms with van der Waals surface area (Å²) >= 11 is 1.25. The molecule has 0 saturated carbocycles. The van der Waals surface area contributed by atoms with E-state index >= 15 is 0 Å². The van der Waals surface area contributed by atoms with Crippen molar-refractivity contribution in [3.63, 3.8) is 0 Å². The van der Waals surface area contributed by atoms with Crippen LogP contribution >= 0.6 is 11.3 Å². The number of aryl methyl sites for hydroxylation is 1. The van der Waals surface area contributed by atoms with E-state index in [4.69, 9.17) is 4.74 Å². The number of benzene rings is 2. The zero-order chi connectivity index (χ0) is 25.2. The molecule has 3 heterocycles. The number of rotatable bonds is 7. The van der Waals surface area contributed by atoms with Crippen molar-refractivity contribution >= 4 is 23.0 Å². The fraction of sp³-hybridized carbons (Fsp3) is 0.143. The average molecular weight is 498 g/mol. The molecule has 0 spiro atoms. The van der Waals surface area contributed by atoms with Crippen molar-refractivity contribution < 1.29 is 19.4 Å². The Hall–Kier alpha value is -4.30. The number of nitrogens with zero attached hydrogens (tertiary/aromatic N) is 3. The number of thiazole rings is 1. The minimum absolute atomic E-state index is 0.0347. The molecule has 7 nitrogen and oxygen atoms in total. The third-order valence-electron chi connectivity index (χ3n) is 6.06. The molecule has 5 rings (SSSR count). The van der Waals surface area contributed by atoms with Crippen LogP contribution in [-0.4, -0.2) is 38.8 Å². The Bertz CT molecular complexity index is 1450. The Balaban J connectivity index is 1.58. The van der Waals surface area contributed by atoms with E-state index in [9.17, 15) is 14.7 Å². The SMILES string of the molecule is COc1ccc(C2C(C(=O)c3sc(-c4ccccc4)nc3C)=C(O)C(=O)N2Cc2ccccn2)cc1. The monoisotopic (exact) mass is 497 g/mol. The molecule has 1 amide bonds. The maximum Gasteiger partial charge on any atom is 0.290 e. The van der Waals surface area contributed by atoms with Gasteiger partial charge in [-0.25, -0.2) is 4.98 Å². The first-order valence-electron chi connectivity index (χ1n) is 11.3. The third-order valence-corrected chi connectivity index (χ3v) is 7.27. The van der Waals surface area contributed by atoms with Gasteiger partial charge in [0.1, 0.15) is 10.8 Å². The van der Waals surface area contributed by atoms with Crippen LogP contribution in [0.3, 0.4) is 0 Å². The summed E-state index contributed by atoms with van der Waals surface area (Å²) in [6.45, 7) is 1.90. The number of carbonyl (C=O) groups excluding carboxylic acids is 2. The lowest BCUT2D eigenvalue weighted by atomic mass is 9.95. The summed E-state index contributed by atoms with van der Waals surface area (Å²) in [6, 6.07) is 21.3. The highest BCUT2D eigenvalue weighted by molar-refractivity contribution is 7.17. The highest BCUT2D eigenvalue weighted by Gasteiger charge is 2.44.